The van der Waals surface area contributed by atoms with Crippen LogP contribution in [0.2, 0.25) is 0 Å². The molecular weight excluding hydrogens is 339 g/mol. The van der Waals surface area contributed by atoms with Gasteiger partial charge in [0.15, 0.2) is 6.61 Å². The van der Waals surface area contributed by atoms with Gasteiger partial charge < -0.3 is 19.7 Å². The third-order valence-corrected chi connectivity index (χ3v) is 4.02. The molecule has 1 saturated heterocycles. The monoisotopic (exact) mass is 358 g/mol. The lowest BCUT2D eigenvalue weighted by atomic mass is 10.2. The second-order valence-electron chi connectivity index (χ2n) is 5.92. The number of hydrogen-bond acceptors (Lipinski definition) is 4. The van der Waals surface area contributed by atoms with Crippen LogP contribution in [0.25, 0.3) is 0 Å². The number of benzene rings is 2. The van der Waals surface area contributed by atoms with Gasteiger partial charge in [-0.2, -0.15) is 0 Å². The van der Waals surface area contributed by atoms with E-state index in [1.54, 1.807) is 43.5 Å². The van der Waals surface area contributed by atoms with Crippen molar-refractivity contribution in [2.24, 2.45) is 0 Å². The summed E-state index contributed by atoms with van der Waals surface area (Å²) in [5.41, 5.74) is 0.486. The molecule has 3 rings (SSSR count). The zero-order valence-corrected chi connectivity index (χ0v) is 14.3. The van der Waals surface area contributed by atoms with Crippen molar-refractivity contribution in [3.8, 4) is 11.5 Å². The van der Waals surface area contributed by atoms with Gasteiger partial charge in [0.05, 0.1) is 13.2 Å². The van der Waals surface area contributed by atoms with Crippen LogP contribution in [0, 0.1) is 5.82 Å². The minimum absolute atomic E-state index is 0.158. The van der Waals surface area contributed by atoms with Gasteiger partial charge in [0, 0.05) is 24.7 Å². The Bertz CT molecular complexity index is 812. The van der Waals surface area contributed by atoms with Crippen molar-refractivity contribution >= 4 is 17.5 Å². The van der Waals surface area contributed by atoms with E-state index in [1.807, 2.05) is 0 Å². The van der Waals surface area contributed by atoms with Crippen molar-refractivity contribution in [1.29, 1.82) is 0 Å². The van der Waals surface area contributed by atoms with Gasteiger partial charge in [-0.25, -0.2) is 4.39 Å². The van der Waals surface area contributed by atoms with Crippen LogP contribution in [0.3, 0.4) is 0 Å². The van der Waals surface area contributed by atoms with Gasteiger partial charge in [-0.1, -0.05) is 12.1 Å². The maximum Gasteiger partial charge on any atom is 0.258 e. The van der Waals surface area contributed by atoms with E-state index < -0.39 is 5.82 Å². The quantitative estimate of drug-likeness (QED) is 0.859. The summed E-state index contributed by atoms with van der Waals surface area (Å²) in [6.07, 6.45) is 0.168. The lowest BCUT2D eigenvalue weighted by Gasteiger charge is -2.17. The highest BCUT2D eigenvalue weighted by Gasteiger charge is 2.31. The number of carbonyl (C=O) groups is 2. The Kier molecular flexibility index (Phi) is 5.36. The first kappa shape index (κ1) is 17.7. The van der Waals surface area contributed by atoms with E-state index in [4.69, 9.17) is 9.47 Å². The number of hydrogen-bond donors (Lipinski definition) is 1. The third-order valence-electron chi connectivity index (χ3n) is 4.02. The summed E-state index contributed by atoms with van der Waals surface area (Å²) in [6.45, 7) is 0.130. The molecule has 0 aromatic heterocycles. The van der Waals surface area contributed by atoms with Crippen LogP contribution in [0.4, 0.5) is 10.1 Å². The number of rotatable bonds is 6. The van der Waals surface area contributed by atoms with Crippen LogP contribution < -0.4 is 19.7 Å². The Hall–Kier alpha value is -3.09. The summed E-state index contributed by atoms with van der Waals surface area (Å²) in [6, 6.07) is 12.4. The molecule has 136 valence electrons. The Balaban J connectivity index is 1.52. The maximum absolute atomic E-state index is 13.3. The van der Waals surface area contributed by atoms with Gasteiger partial charge >= 0.3 is 0 Å². The molecule has 2 amide bonds. The predicted octanol–water partition coefficient (Wildman–Crippen LogP) is 2.13. The fourth-order valence-electron chi connectivity index (χ4n) is 2.81. The molecule has 2 aromatic carbocycles. The van der Waals surface area contributed by atoms with E-state index in [2.05, 4.69) is 5.32 Å². The molecule has 0 unspecified atom stereocenters. The molecule has 0 spiro atoms. The first-order valence-electron chi connectivity index (χ1n) is 8.17. The first-order chi connectivity index (χ1) is 12.5. The largest absolute Gasteiger partial charge is 0.497 e. The van der Waals surface area contributed by atoms with Gasteiger partial charge in [-0.05, 0) is 30.3 Å². The van der Waals surface area contributed by atoms with Crippen molar-refractivity contribution < 1.29 is 23.5 Å². The number of halogens is 1. The SMILES string of the molecule is COc1cccc(OCC(=O)N[C@H]2CC(=O)N(c3cccc(F)c3)C2)c1. The lowest BCUT2D eigenvalue weighted by molar-refractivity contribution is -0.123. The maximum atomic E-state index is 13.3. The molecule has 6 nitrogen and oxygen atoms in total. The molecule has 2 aromatic rings. The van der Waals surface area contributed by atoms with Gasteiger partial charge in [0.2, 0.25) is 5.91 Å². The van der Waals surface area contributed by atoms with Crippen LogP contribution in [0.1, 0.15) is 6.42 Å². The average molecular weight is 358 g/mol. The van der Waals surface area contributed by atoms with Crippen molar-refractivity contribution in [3.05, 3.63) is 54.3 Å². The summed E-state index contributed by atoms with van der Waals surface area (Å²) >= 11 is 0. The minimum atomic E-state index is -0.408. The highest BCUT2D eigenvalue weighted by molar-refractivity contribution is 5.96. The Morgan fingerprint density at radius 2 is 2.00 bits per heavy atom. The molecule has 26 heavy (non-hydrogen) atoms. The summed E-state index contributed by atoms with van der Waals surface area (Å²) in [5, 5.41) is 2.77. The molecule has 1 heterocycles. The van der Waals surface area contributed by atoms with Gasteiger partial charge in [0.25, 0.3) is 5.91 Å². The number of nitrogens with zero attached hydrogens (tertiary/aromatic N) is 1. The predicted molar refractivity (Wildman–Crippen MR) is 93.8 cm³/mol. The van der Waals surface area contributed by atoms with E-state index in [9.17, 15) is 14.0 Å². The molecule has 1 atom stereocenters. The van der Waals surface area contributed by atoms with E-state index >= 15 is 0 Å². The molecule has 1 aliphatic heterocycles. The van der Waals surface area contributed by atoms with Crippen molar-refractivity contribution in [3.63, 3.8) is 0 Å². The standard InChI is InChI=1S/C19H19FN2O4/c1-25-16-6-3-7-17(10-16)26-12-18(23)21-14-9-19(24)22(11-14)15-5-2-4-13(20)8-15/h2-8,10,14H,9,11-12H2,1H3,(H,21,23)/t14-/m0/s1. The zero-order chi connectivity index (χ0) is 18.5. The number of carbonyl (C=O) groups excluding carboxylic acids is 2. The second kappa shape index (κ2) is 7.86. The molecule has 1 aliphatic rings. The van der Waals surface area contributed by atoms with E-state index in [0.29, 0.717) is 23.7 Å². The molecule has 0 saturated carbocycles. The summed E-state index contributed by atoms with van der Waals surface area (Å²) in [4.78, 5) is 25.7. The number of nitrogens with one attached hydrogen (secondary N) is 1. The fraction of sp³-hybridized carbons (Fsp3) is 0.263. The van der Waals surface area contributed by atoms with Crippen molar-refractivity contribution in [1.82, 2.24) is 5.32 Å². The van der Waals surface area contributed by atoms with Crippen LogP contribution in [-0.2, 0) is 9.59 Å². The molecule has 0 bridgehead atoms. The average Bonchev–Trinajstić information content (AvgIpc) is 3.00. The van der Waals surface area contributed by atoms with Crippen LogP contribution in [0.5, 0.6) is 11.5 Å². The number of methoxy groups -OCH3 is 1. The highest BCUT2D eigenvalue weighted by Crippen LogP contribution is 2.22. The van der Waals surface area contributed by atoms with Crippen LogP contribution >= 0.6 is 0 Å². The Morgan fingerprint density at radius 3 is 2.77 bits per heavy atom. The van der Waals surface area contributed by atoms with E-state index in [0.717, 1.165) is 0 Å². The summed E-state index contributed by atoms with van der Waals surface area (Å²) in [5.74, 6) is 0.259. The van der Waals surface area contributed by atoms with Crippen LogP contribution in [-0.4, -0.2) is 38.1 Å². The van der Waals surface area contributed by atoms with Crippen LogP contribution in [0.15, 0.2) is 48.5 Å². The molecule has 7 heteroatoms. The van der Waals surface area contributed by atoms with Gasteiger partial charge in [-0.15, -0.1) is 0 Å². The minimum Gasteiger partial charge on any atom is -0.497 e. The van der Waals surface area contributed by atoms with Crippen molar-refractivity contribution in [2.75, 3.05) is 25.2 Å². The number of ether oxygens (including phenoxy) is 2. The van der Waals surface area contributed by atoms with Crippen molar-refractivity contribution in [2.45, 2.75) is 12.5 Å². The van der Waals surface area contributed by atoms with E-state index in [-0.39, 0.29) is 30.9 Å². The third kappa shape index (κ3) is 4.30. The van der Waals surface area contributed by atoms with E-state index in [1.165, 1.54) is 17.0 Å². The Labute approximate surface area is 150 Å². The van der Waals surface area contributed by atoms with Gasteiger partial charge in [-0.3, -0.25) is 9.59 Å². The molecule has 0 aliphatic carbocycles. The smallest absolute Gasteiger partial charge is 0.258 e. The zero-order valence-electron chi connectivity index (χ0n) is 14.3. The molecular formula is C19H19FN2O4. The topological polar surface area (TPSA) is 67.9 Å². The first-order valence-corrected chi connectivity index (χ1v) is 8.17. The molecule has 1 N–H and O–H groups in total. The summed E-state index contributed by atoms with van der Waals surface area (Å²) < 4.78 is 23.9. The number of amides is 2. The summed E-state index contributed by atoms with van der Waals surface area (Å²) in [7, 11) is 1.55. The fourth-order valence-corrected chi connectivity index (χ4v) is 2.81. The molecule has 1 fully saturated rings. The number of anilines is 1. The Morgan fingerprint density at radius 1 is 1.23 bits per heavy atom. The highest BCUT2D eigenvalue weighted by atomic mass is 19.1. The second-order valence-corrected chi connectivity index (χ2v) is 5.92. The normalized spacial score (nSPS) is 16.5. The lowest BCUT2D eigenvalue weighted by Crippen LogP contribution is -2.39. The van der Waals surface area contributed by atoms with Gasteiger partial charge in [0.1, 0.15) is 17.3 Å². The molecule has 0 radical (unpaired) electrons.